The Kier molecular flexibility index (Phi) is 5.79. The summed E-state index contributed by atoms with van der Waals surface area (Å²) in [6, 6.07) is -0.495. The predicted molar refractivity (Wildman–Crippen MR) is 73.2 cm³/mol. The van der Waals surface area contributed by atoms with Crippen LogP contribution in [-0.2, 0) is 9.59 Å². The molecule has 0 atom stereocenters. The summed E-state index contributed by atoms with van der Waals surface area (Å²) in [7, 11) is 0. The van der Waals surface area contributed by atoms with Gasteiger partial charge in [-0.2, -0.15) is 0 Å². The van der Waals surface area contributed by atoms with Crippen molar-refractivity contribution in [2.24, 2.45) is 5.92 Å². The van der Waals surface area contributed by atoms with Gasteiger partial charge in [-0.25, -0.2) is 4.79 Å². The molecule has 0 aliphatic heterocycles. The van der Waals surface area contributed by atoms with Crippen LogP contribution in [0, 0.1) is 5.92 Å². The summed E-state index contributed by atoms with van der Waals surface area (Å²) in [5, 5.41) is 16.6. The maximum atomic E-state index is 11.7. The third kappa shape index (κ3) is 5.46. The van der Waals surface area contributed by atoms with E-state index in [9.17, 15) is 14.4 Å². The molecule has 1 rings (SSSR count). The molecule has 1 saturated carbocycles. The first-order chi connectivity index (χ1) is 9.33. The van der Waals surface area contributed by atoms with E-state index in [4.69, 9.17) is 5.11 Å². The first-order valence-corrected chi connectivity index (χ1v) is 6.87. The Bertz CT molecular complexity index is 378. The molecular formula is C13H23N3O4. The number of nitrogens with one attached hydrogen (secondary N) is 3. The number of aliphatic carboxylic acids is 1. The number of amides is 3. The zero-order chi connectivity index (χ0) is 15.2. The van der Waals surface area contributed by atoms with E-state index in [1.807, 2.05) is 13.8 Å². The van der Waals surface area contributed by atoms with Gasteiger partial charge in [0.15, 0.2) is 0 Å². The molecule has 7 heteroatoms. The summed E-state index contributed by atoms with van der Waals surface area (Å²) in [6.07, 6.45) is 2.14. The first-order valence-electron chi connectivity index (χ1n) is 6.87. The Morgan fingerprint density at radius 1 is 1.20 bits per heavy atom. The minimum Gasteiger partial charge on any atom is -0.481 e. The van der Waals surface area contributed by atoms with Crippen LogP contribution in [0.1, 0.15) is 39.5 Å². The molecule has 0 unspecified atom stereocenters. The molecule has 0 aromatic rings. The van der Waals surface area contributed by atoms with Crippen LogP contribution in [0.4, 0.5) is 4.79 Å². The highest BCUT2D eigenvalue weighted by Crippen LogP contribution is 2.34. The van der Waals surface area contributed by atoms with Gasteiger partial charge in [0.2, 0.25) is 5.91 Å². The molecule has 0 aromatic heterocycles. The van der Waals surface area contributed by atoms with Crippen molar-refractivity contribution in [2.75, 3.05) is 13.1 Å². The van der Waals surface area contributed by atoms with Gasteiger partial charge in [0.25, 0.3) is 0 Å². The molecule has 7 nitrogen and oxygen atoms in total. The van der Waals surface area contributed by atoms with Crippen LogP contribution in [0.15, 0.2) is 0 Å². The third-order valence-corrected chi connectivity index (χ3v) is 3.30. The number of carboxylic acid groups (broad SMARTS) is 1. The maximum absolute atomic E-state index is 11.7. The van der Waals surface area contributed by atoms with E-state index in [-0.39, 0.29) is 18.9 Å². The second-order valence-corrected chi connectivity index (χ2v) is 5.71. The van der Waals surface area contributed by atoms with Gasteiger partial charge in [0.05, 0.1) is 18.5 Å². The Morgan fingerprint density at radius 3 is 2.30 bits per heavy atom. The zero-order valence-electron chi connectivity index (χ0n) is 12.0. The smallest absolute Gasteiger partial charge is 0.315 e. The molecular weight excluding hydrogens is 262 g/mol. The van der Waals surface area contributed by atoms with E-state index in [2.05, 4.69) is 16.0 Å². The van der Waals surface area contributed by atoms with Crippen molar-refractivity contribution in [3.05, 3.63) is 0 Å². The number of urea groups is 1. The van der Waals surface area contributed by atoms with E-state index in [0.717, 1.165) is 6.42 Å². The summed E-state index contributed by atoms with van der Waals surface area (Å²) >= 11 is 0. The Morgan fingerprint density at radius 2 is 1.85 bits per heavy atom. The quantitative estimate of drug-likeness (QED) is 0.545. The molecule has 0 spiro atoms. The van der Waals surface area contributed by atoms with Gasteiger partial charge < -0.3 is 21.1 Å². The SMILES string of the molecule is CC(C)CNC(=O)CNC(=O)NC1(CC(=O)O)CCC1. The molecule has 114 valence electrons. The molecule has 0 aromatic carbocycles. The molecule has 1 aliphatic rings. The number of carboxylic acids is 1. The topological polar surface area (TPSA) is 108 Å². The van der Waals surface area contributed by atoms with Crippen molar-refractivity contribution in [1.29, 1.82) is 0 Å². The van der Waals surface area contributed by atoms with Gasteiger partial charge in [0, 0.05) is 6.54 Å². The highest BCUT2D eigenvalue weighted by atomic mass is 16.4. The highest BCUT2D eigenvalue weighted by Gasteiger charge is 2.40. The highest BCUT2D eigenvalue weighted by molar-refractivity contribution is 5.84. The summed E-state index contributed by atoms with van der Waals surface area (Å²) in [5.41, 5.74) is -0.648. The molecule has 20 heavy (non-hydrogen) atoms. The zero-order valence-corrected chi connectivity index (χ0v) is 12.0. The van der Waals surface area contributed by atoms with Crippen LogP contribution in [-0.4, -0.2) is 41.6 Å². The van der Waals surface area contributed by atoms with Gasteiger partial charge >= 0.3 is 12.0 Å². The van der Waals surface area contributed by atoms with E-state index < -0.39 is 17.5 Å². The van der Waals surface area contributed by atoms with Crippen molar-refractivity contribution in [2.45, 2.75) is 45.1 Å². The van der Waals surface area contributed by atoms with Gasteiger partial charge in [-0.3, -0.25) is 9.59 Å². The van der Waals surface area contributed by atoms with Crippen LogP contribution >= 0.6 is 0 Å². The fourth-order valence-electron chi connectivity index (χ4n) is 2.07. The average molecular weight is 285 g/mol. The predicted octanol–water partition coefficient (Wildman–Crippen LogP) is 0.455. The maximum Gasteiger partial charge on any atom is 0.315 e. The molecule has 3 amide bonds. The molecule has 0 heterocycles. The number of hydrogen-bond acceptors (Lipinski definition) is 3. The number of hydrogen-bond donors (Lipinski definition) is 4. The van der Waals surface area contributed by atoms with Crippen LogP contribution in [0.5, 0.6) is 0 Å². The van der Waals surface area contributed by atoms with Crippen molar-refractivity contribution in [3.63, 3.8) is 0 Å². The standard InChI is InChI=1S/C13H23N3O4/c1-9(2)7-14-10(17)8-15-12(20)16-13(4-3-5-13)6-11(18)19/h9H,3-8H2,1-2H3,(H,14,17)(H,18,19)(H2,15,16,20). The summed E-state index contributed by atoms with van der Waals surface area (Å²) in [4.78, 5) is 33.9. The third-order valence-electron chi connectivity index (χ3n) is 3.30. The van der Waals surface area contributed by atoms with E-state index in [0.29, 0.717) is 25.3 Å². The normalized spacial score (nSPS) is 16.1. The van der Waals surface area contributed by atoms with Gasteiger partial charge in [-0.15, -0.1) is 0 Å². The van der Waals surface area contributed by atoms with E-state index >= 15 is 0 Å². The average Bonchev–Trinajstić information content (AvgIpc) is 2.30. The van der Waals surface area contributed by atoms with Crippen LogP contribution in [0.2, 0.25) is 0 Å². The van der Waals surface area contributed by atoms with Crippen LogP contribution in [0.25, 0.3) is 0 Å². The Hall–Kier alpha value is -1.79. The largest absolute Gasteiger partial charge is 0.481 e. The molecule has 1 aliphatic carbocycles. The molecule has 0 bridgehead atoms. The lowest BCUT2D eigenvalue weighted by Gasteiger charge is -2.41. The minimum absolute atomic E-state index is 0.0834. The fourth-order valence-corrected chi connectivity index (χ4v) is 2.07. The lowest BCUT2D eigenvalue weighted by Crippen LogP contribution is -2.58. The second-order valence-electron chi connectivity index (χ2n) is 5.71. The molecule has 0 saturated heterocycles. The van der Waals surface area contributed by atoms with Gasteiger partial charge in [0.1, 0.15) is 0 Å². The first kappa shape index (κ1) is 16.3. The van der Waals surface area contributed by atoms with Crippen LogP contribution in [0.3, 0.4) is 0 Å². The number of carbonyl (C=O) groups is 3. The number of carbonyl (C=O) groups excluding carboxylic acids is 2. The number of rotatable bonds is 7. The van der Waals surface area contributed by atoms with E-state index in [1.165, 1.54) is 0 Å². The molecule has 1 fully saturated rings. The lowest BCUT2D eigenvalue weighted by molar-refractivity contribution is -0.139. The van der Waals surface area contributed by atoms with Crippen molar-refractivity contribution >= 4 is 17.9 Å². The minimum atomic E-state index is -0.931. The summed E-state index contributed by atoms with van der Waals surface area (Å²) in [5.74, 6) is -0.837. The fraction of sp³-hybridized carbons (Fsp3) is 0.769. The van der Waals surface area contributed by atoms with Crippen molar-refractivity contribution in [3.8, 4) is 0 Å². The second kappa shape index (κ2) is 7.12. The van der Waals surface area contributed by atoms with Gasteiger partial charge in [-0.1, -0.05) is 13.8 Å². The summed E-state index contributed by atoms with van der Waals surface area (Å²) < 4.78 is 0. The molecule has 4 N–H and O–H groups in total. The van der Waals surface area contributed by atoms with E-state index in [1.54, 1.807) is 0 Å². The Labute approximate surface area is 118 Å². The van der Waals surface area contributed by atoms with Crippen LogP contribution < -0.4 is 16.0 Å². The monoisotopic (exact) mass is 285 g/mol. The summed E-state index contributed by atoms with van der Waals surface area (Å²) in [6.45, 7) is 4.41. The van der Waals surface area contributed by atoms with Crippen molar-refractivity contribution in [1.82, 2.24) is 16.0 Å². The van der Waals surface area contributed by atoms with Gasteiger partial charge in [-0.05, 0) is 25.2 Å². The Balaban J connectivity index is 2.29. The van der Waals surface area contributed by atoms with Crippen molar-refractivity contribution < 1.29 is 19.5 Å². The lowest BCUT2D eigenvalue weighted by atomic mass is 9.74. The molecule has 0 radical (unpaired) electrons.